The van der Waals surface area contributed by atoms with Crippen LogP contribution >= 0.6 is 0 Å². The molecule has 19 heavy (non-hydrogen) atoms. The van der Waals surface area contributed by atoms with Crippen molar-refractivity contribution in [3.8, 4) is 0 Å². The summed E-state index contributed by atoms with van der Waals surface area (Å²) < 4.78 is 6.34. The lowest BCUT2D eigenvalue weighted by Gasteiger charge is -2.25. The van der Waals surface area contributed by atoms with E-state index in [0.717, 1.165) is 0 Å². The third-order valence-corrected chi connectivity index (χ3v) is 6.76. The van der Waals surface area contributed by atoms with Crippen molar-refractivity contribution >= 4 is 14.5 Å². The number of rotatable bonds is 13. The highest BCUT2D eigenvalue weighted by atomic mass is 27.2. The third kappa shape index (κ3) is 11.9. The van der Waals surface area contributed by atoms with E-state index in [1.165, 1.54) is 61.9 Å². The van der Waals surface area contributed by atoms with Crippen molar-refractivity contribution in [2.24, 2.45) is 0 Å². The van der Waals surface area contributed by atoms with Crippen LogP contribution in [-0.2, 0) is 3.79 Å². The van der Waals surface area contributed by atoms with Crippen LogP contribution in [0.2, 0.25) is 10.6 Å². The Balaban J connectivity index is 3.92. The molecule has 0 aromatic carbocycles. The van der Waals surface area contributed by atoms with Crippen LogP contribution in [0.3, 0.4) is 0 Å². The van der Waals surface area contributed by atoms with E-state index < -0.39 is 14.5 Å². The molecule has 0 aliphatic carbocycles. The lowest BCUT2D eigenvalue weighted by atomic mass is 10.2. The van der Waals surface area contributed by atoms with Crippen molar-refractivity contribution in [2.45, 2.75) is 88.9 Å². The number of nitrogens with zero attached hydrogens (tertiary/aromatic N) is 1. The molecule has 0 fully saturated rings. The fourth-order valence-corrected chi connectivity index (χ4v) is 5.13. The van der Waals surface area contributed by atoms with Gasteiger partial charge in [-0.1, -0.05) is 75.8 Å². The zero-order valence-corrected chi connectivity index (χ0v) is 15.2. The molecule has 0 saturated carbocycles. The maximum Gasteiger partial charge on any atom is 0.461 e. The summed E-state index contributed by atoms with van der Waals surface area (Å²) in [6, 6.07) is 0. The first-order valence-electron chi connectivity index (χ1n) is 8.43. The molecule has 0 rings (SSSR count). The summed E-state index contributed by atoms with van der Waals surface area (Å²) in [5, 5.41) is 2.76. The summed E-state index contributed by atoms with van der Waals surface area (Å²) in [5.41, 5.74) is 0. The van der Waals surface area contributed by atoms with Gasteiger partial charge in [0, 0.05) is 0 Å². The monoisotopic (exact) mass is 285 g/mol. The van der Waals surface area contributed by atoms with E-state index in [4.69, 9.17) is 3.79 Å². The second-order valence-corrected chi connectivity index (χ2v) is 8.69. The molecular formula is C16H36AlNO. The first-order chi connectivity index (χ1) is 9.11. The molecule has 0 bridgehead atoms. The largest absolute Gasteiger partial charge is 0.487 e. The summed E-state index contributed by atoms with van der Waals surface area (Å²) in [4.78, 5) is 2.19. The highest BCUT2D eigenvalue weighted by molar-refractivity contribution is 6.51. The molecule has 0 spiro atoms. The highest BCUT2D eigenvalue weighted by Gasteiger charge is 2.22. The molecule has 2 nitrogen and oxygen atoms in total. The Morgan fingerprint density at radius 2 is 1.32 bits per heavy atom. The van der Waals surface area contributed by atoms with Gasteiger partial charge in [-0.15, -0.1) is 0 Å². The Bertz CT molecular complexity index is 176. The lowest BCUT2D eigenvalue weighted by molar-refractivity contribution is 0.0781. The molecule has 0 saturated heterocycles. The number of hydrogen-bond donors (Lipinski definition) is 0. The Morgan fingerprint density at radius 3 is 1.68 bits per heavy atom. The topological polar surface area (TPSA) is 12.5 Å². The predicted octanol–water partition coefficient (Wildman–Crippen LogP) is 5.06. The van der Waals surface area contributed by atoms with Crippen LogP contribution in [0.15, 0.2) is 0 Å². The summed E-state index contributed by atoms with van der Waals surface area (Å²) in [6.07, 6.45) is 11.3. The molecule has 0 N–H and O–H groups in total. The quantitative estimate of drug-likeness (QED) is 0.266. The van der Waals surface area contributed by atoms with Crippen molar-refractivity contribution in [2.75, 3.05) is 14.1 Å². The van der Waals surface area contributed by atoms with Crippen LogP contribution in [0, 0.1) is 0 Å². The van der Waals surface area contributed by atoms with E-state index in [2.05, 4.69) is 39.8 Å². The SMILES string of the molecule is CCCCC[CH2][Al]([CH2]CCCCC)[O]C(C)N(C)C. The van der Waals surface area contributed by atoms with Gasteiger partial charge in [-0.25, -0.2) is 0 Å². The van der Waals surface area contributed by atoms with E-state index >= 15 is 0 Å². The van der Waals surface area contributed by atoms with Crippen LogP contribution in [0.4, 0.5) is 0 Å². The smallest absolute Gasteiger partial charge is 0.461 e. The van der Waals surface area contributed by atoms with E-state index in [1.54, 1.807) is 0 Å². The maximum absolute atomic E-state index is 6.34. The van der Waals surface area contributed by atoms with Crippen molar-refractivity contribution in [1.82, 2.24) is 4.90 Å². The van der Waals surface area contributed by atoms with E-state index in [1.807, 2.05) is 0 Å². The first kappa shape index (κ1) is 19.5. The number of hydrogen-bond acceptors (Lipinski definition) is 2. The maximum atomic E-state index is 6.34. The molecular weight excluding hydrogens is 249 g/mol. The Kier molecular flexibility index (Phi) is 13.8. The normalized spacial score (nSPS) is 12.9. The summed E-state index contributed by atoms with van der Waals surface area (Å²) in [6.45, 7) is 6.76. The van der Waals surface area contributed by atoms with Gasteiger partial charge in [-0.3, -0.25) is 4.90 Å². The van der Waals surface area contributed by atoms with Crippen molar-refractivity contribution < 1.29 is 3.79 Å². The third-order valence-electron chi connectivity index (χ3n) is 3.88. The van der Waals surface area contributed by atoms with Gasteiger partial charge >= 0.3 is 14.5 Å². The van der Waals surface area contributed by atoms with Crippen molar-refractivity contribution in [1.29, 1.82) is 0 Å². The molecule has 1 unspecified atom stereocenters. The van der Waals surface area contributed by atoms with Crippen LogP contribution in [0.5, 0.6) is 0 Å². The molecule has 0 aromatic heterocycles. The van der Waals surface area contributed by atoms with Gasteiger partial charge in [-0.05, 0) is 21.0 Å². The standard InChI is InChI=1S/2C6H13.C4H10NO.Al/c2*1-3-5-6-4-2;1-4(6)5(2)3;/h2*1,3-6H2,2H3;4H,1-3H3;/q;;-1;+1. The van der Waals surface area contributed by atoms with Crippen molar-refractivity contribution in [3.05, 3.63) is 0 Å². The molecule has 0 radical (unpaired) electrons. The average molecular weight is 285 g/mol. The molecule has 0 heterocycles. The Labute approximate surface area is 126 Å². The van der Waals surface area contributed by atoms with Crippen LogP contribution in [0.1, 0.15) is 72.1 Å². The minimum Gasteiger partial charge on any atom is -0.487 e. The predicted molar refractivity (Wildman–Crippen MR) is 87.9 cm³/mol. The molecule has 1 atom stereocenters. The molecule has 0 aliphatic heterocycles. The van der Waals surface area contributed by atoms with Gasteiger partial charge in [0.2, 0.25) is 0 Å². The average Bonchev–Trinajstić information content (AvgIpc) is 2.38. The van der Waals surface area contributed by atoms with Crippen LogP contribution < -0.4 is 0 Å². The summed E-state index contributed by atoms with van der Waals surface area (Å²) in [5.74, 6) is 0. The fourth-order valence-electron chi connectivity index (χ4n) is 2.28. The minimum atomic E-state index is -0.975. The molecule has 0 aliphatic rings. The van der Waals surface area contributed by atoms with Gasteiger partial charge < -0.3 is 3.79 Å². The lowest BCUT2D eigenvalue weighted by Crippen LogP contribution is -2.34. The molecule has 0 aromatic rings. The highest BCUT2D eigenvalue weighted by Crippen LogP contribution is 2.16. The number of unbranched alkanes of at least 4 members (excludes halogenated alkanes) is 6. The second-order valence-electron chi connectivity index (χ2n) is 6.02. The molecule has 3 heteroatoms. The van der Waals surface area contributed by atoms with Crippen LogP contribution in [-0.4, -0.2) is 39.7 Å². The van der Waals surface area contributed by atoms with Gasteiger partial charge in [0.05, 0.1) is 6.23 Å². The summed E-state index contributed by atoms with van der Waals surface area (Å²) in [7, 11) is 4.23. The zero-order valence-electron chi connectivity index (χ0n) is 14.1. The fraction of sp³-hybridized carbons (Fsp3) is 1.00. The van der Waals surface area contributed by atoms with Gasteiger partial charge in [-0.2, -0.15) is 0 Å². The van der Waals surface area contributed by atoms with E-state index in [9.17, 15) is 0 Å². The van der Waals surface area contributed by atoms with Gasteiger partial charge in [0.25, 0.3) is 0 Å². The van der Waals surface area contributed by atoms with Gasteiger partial charge in [0.15, 0.2) is 0 Å². The Morgan fingerprint density at radius 1 is 0.842 bits per heavy atom. The molecule has 0 amide bonds. The van der Waals surface area contributed by atoms with Crippen LogP contribution in [0.25, 0.3) is 0 Å². The van der Waals surface area contributed by atoms with E-state index in [-0.39, 0.29) is 0 Å². The van der Waals surface area contributed by atoms with Gasteiger partial charge in [0.1, 0.15) is 0 Å². The first-order valence-corrected chi connectivity index (χ1v) is 10.5. The van der Waals surface area contributed by atoms with Crippen molar-refractivity contribution in [3.63, 3.8) is 0 Å². The summed E-state index contributed by atoms with van der Waals surface area (Å²) >= 11 is -0.975. The van der Waals surface area contributed by atoms with E-state index in [0.29, 0.717) is 6.23 Å². The Hall–Kier alpha value is 0.452. The minimum absolute atomic E-state index is 0.300. The zero-order chi connectivity index (χ0) is 14.5. The molecule has 114 valence electrons. The second kappa shape index (κ2) is 13.4.